The van der Waals surface area contributed by atoms with Crippen LogP contribution in [0.3, 0.4) is 0 Å². The number of hydrogen-bond acceptors (Lipinski definition) is 2. The van der Waals surface area contributed by atoms with Crippen LogP contribution in [0.15, 0.2) is 33.5 Å². The number of nitrogens with zero attached hydrogens (tertiary/aromatic N) is 1. The summed E-state index contributed by atoms with van der Waals surface area (Å²) in [4.78, 5) is 19.5. The molecule has 1 aromatic carbocycles. The topological polar surface area (TPSA) is 45.8 Å². The molecule has 0 unspecified atom stereocenters. The maximum absolute atomic E-state index is 12.0. The third-order valence-corrected chi connectivity index (χ3v) is 4.78. The molecule has 0 aliphatic carbocycles. The van der Waals surface area contributed by atoms with Crippen LogP contribution < -0.4 is 5.56 Å². The zero-order chi connectivity index (χ0) is 14.7. The summed E-state index contributed by atoms with van der Waals surface area (Å²) in [6.45, 7) is 4.26. The summed E-state index contributed by atoms with van der Waals surface area (Å²) in [5.41, 5.74) is 1.97. The first-order valence-corrected chi connectivity index (χ1v) is 8.35. The zero-order valence-corrected chi connectivity index (χ0v) is 15.2. The second-order valence-corrected chi connectivity index (χ2v) is 7.07. The highest BCUT2D eigenvalue weighted by Gasteiger charge is 2.11. The van der Waals surface area contributed by atoms with Gasteiger partial charge in [0.1, 0.15) is 5.82 Å². The minimum absolute atomic E-state index is 0.0432. The molecule has 0 fully saturated rings. The smallest absolute Gasteiger partial charge is 0.264 e. The van der Waals surface area contributed by atoms with Crippen molar-refractivity contribution in [3.8, 4) is 0 Å². The lowest BCUT2D eigenvalue weighted by Crippen LogP contribution is -2.19. The average molecular weight is 447 g/mol. The average Bonchev–Trinajstić information content (AvgIpc) is 2.37. The van der Waals surface area contributed by atoms with Gasteiger partial charge in [-0.15, -0.1) is 0 Å². The van der Waals surface area contributed by atoms with Crippen LogP contribution in [0.1, 0.15) is 30.9 Å². The van der Waals surface area contributed by atoms with Crippen molar-refractivity contribution in [2.45, 2.75) is 26.7 Å². The Balaban J connectivity index is 2.36. The number of halogens is 2. The van der Waals surface area contributed by atoms with E-state index in [1.807, 2.05) is 24.3 Å². The standard InChI is InChI=1S/C15H16BrIN2O/c1-9(2)7-12-14(17)15(20)19-13(18-12)8-10-5-3-4-6-11(10)16/h3-6,9H,7-8H2,1-2H3,(H,18,19,20). The minimum Gasteiger partial charge on any atom is -0.309 e. The molecule has 1 aromatic heterocycles. The summed E-state index contributed by atoms with van der Waals surface area (Å²) in [6.07, 6.45) is 1.45. The van der Waals surface area contributed by atoms with Crippen molar-refractivity contribution >= 4 is 38.5 Å². The molecule has 20 heavy (non-hydrogen) atoms. The Morgan fingerprint density at radius 2 is 2.05 bits per heavy atom. The highest BCUT2D eigenvalue weighted by molar-refractivity contribution is 14.1. The molecule has 2 rings (SSSR count). The van der Waals surface area contributed by atoms with Crippen LogP contribution in [0.25, 0.3) is 0 Å². The summed E-state index contributed by atoms with van der Waals surface area (Å²) >= 11 is 5.60. The van der Waals surface area contributed by atoms with E-state index in [9.17, 15) is 4.79 Å². The Labute approximate surface area is 140 Å². The molecule has 0 radical (unpaired) electrons. The number of aromatic amines is 1. The monoisotopic (exact) mass is 446 g/mol. The number of benzene rings is 1. The van der Waals surface area contributed by atoms with Crippen molar-refractivity contribution in [3.05, 3.63) is 59.7 Å². The Kier molecular flexibility index (Phi) is 5.37. The van der Waals surface area contributed by atoms with E-state index < -0.39 is 0 Å². The second kappa shape index (κ2) is 6.85. The fourth-order valence-electron chi connectivity index (χ4n) is 1.98. The molecular formula is C15H16BrIN2O. The van der Waals surface area contributed by atoms with Gasteiger partial charge in [-0.25, -0.2) is 4.98 Å². The minimum atomic E-state index is -0.0432. The van der Waals surface area contributed by atoms with Gasteiger partial charge < -0.3 is 4.98 Å². The van der Waals surface area contributed by atoms with Crippen molar-refractivity contribution in [1.29, 1.82) is 0 Å². The quantitative estimate of drug-likeness (QED) is 0.723. The molecular weight excluding hydrogens is 431 g/mol. The second-order valence-electron chi connectivity index (χ2n) is 5.14. The first kappa shape index (κ1) is 15.7. The molecule has 0 aliphatic heterocycles. The Hall–Kier alpha value is -0.690. The molecule has 1 heterocycles. The number of rotatable bonds is 4. The van der Waals surface area contributed by atoms with Crippen molar-refractivity contribution in [2.24, 2.45) is 5.92 Å². The van der Waals surface area contributed by atoms with Gasteiger partial charge >= 0.3 is 0 Å². The largest absolute Gasteiger partial charge is 0.309 e. The molecule has 106 valence electrons. The van der Waals surface area contributed by atoms with Crippen molar-refractivity contribution < 1.29 is 0 Å². The van der Waals surface area contributed by atoms with Crippen LogP contribution in [0.4, 0.5) is 0 Å². The van der Waals surface area contributed by atoms with E-state index in [1.54, 1.807) is 0 Å². The van der Waals surface area contributed by atoms with E-state index >= 15 is 0 Å². The Morgan fingerprint density at radius 1 is 1.35 bits per heavy atom. The Morgan fingerprint density at radius 3 is 2.70 bits per heavy atom. The molecule has 0 aliphatic rings. The summed E-state index contributed by atoms with van der Waals surface area (Å²) < 4.78 is 1.73. The third kappa shape index (κ3) is 3.91. The van der Waals surface area contributed by atoms with E-state index in [0.29, 0.717) is 15.9 Å². The van der Waals surface area contributed by atoms with E-state index in [1.165, 1.54) is 0 Å². The Bertz CT molecular complexity index is 667. The van der Waals surface area contributed by atoms with Crippen LogP contribution in [0, 0.1) is 9.49 Å². The van der Waals surface area contributed by atoms with Crippen molar-refractivity contribution in [3.63, 3.8) is 0 Å². The molecule has 0 amide bonds. The van der Waals surface area contributed by atoms with E-state index in [0.717, 1.165) is 28.0 Å². The first-order chi connectivity index (χ1) is 9.47. The molecule has 1 N–H and O–H groups in total. The number of hydrogen-bond donors (Lipinski definition) is 1. The summed E-state index contributed by atoms with van der Waals surface area (Å²) in [5, 5.41) is 0. The van der Waals surface area contributed by atoms with Crippen LogP contribution in [-0.2, 0) is 12.8 Å². The SMILES string of the molecule is CC(C)Cc1nc(Cc2ccccc2Br)[nH]c(=O)c1I. The summed E-state index contributed by atoms with van der Waals surface area (Å²) in [6, 6.07) is 7.99. The van der Waals surface area contributed by atoms with Gasteiger partial charge in [0, 0.05) is 10.9 Å². The molecule has 5 heteroatoms. The lowest BCUT2D eigenvalue weighted by atomic mass is 10.1. The molecule has 0 saturated carbocycles. The van der Waals surface area contributed by atoms with E-state index in [-0.39, 0.29) is 5.56 Å². The van der Waals surface area contributed by atoms with Gasteiger partial charge in [-0.05, 0) is 46.6 Å². The predicted molar refractivity (Wildman–Crippen MR) is 93.1 cm³/mol. The maximum atomic E-state index is 12.0. The predicted octanol–water partition coefficient (Wildman–Crippen LogP) is 3.93. The van der Waals surface area contributed by atoms with Crippen LogP contribution in [0.2, 0.25) is 0 Å². The highest BCUT2D eigenvalue weighted by Crippen LogP contribution is 2.18. The fourth-order valence-corrected chi connectivity index (χ4v) is 2.89. The van der Waals surface area contributed by atoms with E-state index in [4.69, 9.17) is 0 Å². The molecule has 3 nitrogen and oxygen atoms in total. The maximum Gasteiger partial charge on any atom is 0.264 e. The number of nitrogens with one attached hydrogen (secondary N) is 1. The molecule has 0 bridgehead atoms. The number of aromatic nitrogens is 2. The van der Waals surface area contributed by atoms with Crippen molar-refractivity contribution in [2.75, 3.05) is 0 Å². The lowest BCUT2D eigenvalue weighted by Gasteiger charge is -2.09. The van der Waals surface area contributed by atoms with Gasteiger partial charge in [-0.1, -0.05) is 48.0 Å². The number of H-pyrrole nitrogens is 1. The summed E-state index contributed by atoms with van der Waals surface area (Å²) in [5.74, 6) is 1.20. The molecule has 0 spiro atoms. The van der Waals surface area contributed by atoms with Gasteiger partial charge in [0.2, 0.25) is 0 Å². The van der Waals surface area contributed by atoms with Gasteiger partial charge in [0.05, 0.1) is 9.26 Å². The van der Waals surface area contributed by atoms with Gasteiger partial charge in [0.25, 0.3) is 5.56 Å². The van der Waals surface area contributed by atoms with Crippen LogP contribution >= 0.6 is 38.5 Å². The lowest BCUT2D eigenvalue weighted by molar-refractivity contribution is 0.626. The normalized spacial score (nSPS) is 11.1. The molecule has 0 saturated heterocycles. The van der Waals surface area contributed by atoms with Crippen LogP contribution in [-0.4, -0.2) is 9.97 Å². The van der Waals surface area contributed by atoms with Crippen molar-refractivity contribution in [1.82, 2.24) is 9.97 Å². The van der Waals surface area contributed by atoms with E-state index in [2.05, 4.69) is 62.3 Å². The molecule has 0 atom stereocenters. The summed E-state index contributed by atoms with van der Waals surface area (Å²) in [7, 11) is 0. The molecule has 2 aromatic rings. The third-order valence-electron chi connectivity index (χ3n) is 2.90. The van der Waals surface area contributed by atoms with Crippen LogP contribution in [0.5, 0.6) is 0 Å². The fraction of sp³-hybridized carbons (Fsp3) is 0.333. The van der Waals surface area contributed by atoms with Gasteiger partial charge in [0.15, 0.2) is 0 Å². The van der Waals surface area contributed by atoms with Gasteiger partial charge in [-0.2, -0.15) is 0 Å². The highest BCUT2D eigenvalue weighted by atomic mass is 127. The first-order valence-electron chi connectivity index (χ1n) is 6.48. The van der Waals surface area contributed by atoms with Gasteiger partial charge in [-0.3, -0.25) is 4.79 Å². The zero-order valence-electron chi connectivity index (χ0n) is 11.4.